The molecule has 3 nitrogen and oxygen atoms in total. The summed E-state index contributed by atoms with van der Waals surface area (Å²) in [6.45, 7) is 9.05. The fourth-order valence-electron chi connectivity index (χ4n) is 2.71. The first-order valence-electron chi connectivity index (χ1n) is 6.75. The Balaban J connectivity index is 2.66. The van der Waals surface area contributed by atoms with E-state index in [2.05, 4.69) is 20.8 Å². The lowest BCUT2D eigenvalue weighted by atomic mass is 9.76. The minimum atomic E-state index is -0.740. The molecule has 0 heterocycles. The van der Waals surface area contributed by atoms with E-state index in [0.29, 0.717) is 17.9 Å². The van der Waals surface area contributed by atoms with E-state index >= 15 is 0 Å². The molecule has 1 aliphatic carbocycles. The fourth-order valence-corrected chi connectivity index (χ4v) is 2.71. The van der Waals surface area contributed by atoms with Gasteiger partial charge in [0.2, 0.25) is 0 Å². The molecule has 0 aliphatic heterocycles. The number of carbonyl (C=O) groups is 1. The number of esters is 1. The maximum atomic E-state index is 11.9. The third kappa shape index (κ3) is 3.70. The van der Waals surface area contributed by atoms with Gasteiger partial charge in [0, 0.05) is 0 Å². The normalized spacial score (nSPS) is 30.8. The summed E-state index contributed by atoms with van der Waals surface area (Å²) in [5.41, 5.74) is 5.79. The van der Waals surface area contributed by atoms with Crippen molar-refractivity contribution in [2.24, 2.45) is 17.1 Å². The van der Waals surface area contributed by atoms with Crippen LogP contribution in [0, 0.1) is 11.3 Å². The highest BCUT2D eigenvalue weighted by molar-refractivity contribution is 5.80. The Morgan fingerprint density at radius 1 is 1.35 bits per heavy atom. The maximum absolute atomic E-state index is 11.9. The van der Waals surface area contributed by atoms with E-state index in [4.69, 9.17) is 10.5 Å². The third-order valence-electron chi connectivity index (χ3n) is 4.02. The zero-order chi connectivity index (χ0) is 13.1. The van der Waals surface area contributed by atoms with Crippen LogP contribution >= 0.6 is 0 Å². The van der Waals surface area contributed by atoms with Gasteiger partial charge in [0.05, 0.1) is 6.61 Å². The summed E-state index contributed by atoms with van der Waals surface area (Å²) in [7, 11) is 0. The maximum Gasteiger partial charge on any atom is 0.326 e. The Hall–Kier alpha value is -0.570. The second-order valence-corrected chi connectivity index (χ2v) is 6.37. The summed E-state index contributed by atoms with van der Waals surface area (Å²) in [5.74, 6) is 0.442. The van der Waals surface area contributed by atoms with Crippen molar-refractivity contribution in [3.63, 3.8) is 0 Å². The van der Waals surface area contributed by atoms with E-state index < -0.39 is 5.54 Å². The van der Waals surface area contributed by atoms with Crippen molar-refractivity contribution in [2.75, 3.05) is 6.61 Å². The highest BCUT2D eigenvalue weighted by atomic mass is 16.5. The lowest BCUT2D eigenvalue weighted by Gasteiger charge is -2.30. The summed E-state index contributed by atoms with van der Waals surface area (Å²) < 4.78 is 5.10. The average molecular weight is 241 g/mol. The second-order valence-electron chi connectivity index (χ2n) is 6.37. The SMILES string of the molecule is CCOC(=O)C1(N)CCCC(C(C)(C)C)CC1. The Morgan fingerprint density at radius 3 is 2.53 bits per heavy atom. The smallest absolute Gasteiger partial charge is 0.326 e. The van der Waals surface area contributed by atoms with E-state index in [1.807, 2.05) is 6.92 Å². The zero-order valence-corrected chi connectivity index (χ0v) is 11.7. The van der Waals surface area contributed by atoms with Crippen LogP contribution in [0.5, 0.6) is 0 Å². The fraction of sp³-hybridized carbons (Fsp3) is 0.929. The van der Waals surface area contributed by atoms with Crippen LogP contribution in [-0.4, -0.2) is 18.1 Å². The molecule has 0 aromatic rings. The molecular formula is C14H27NO2. The monoisotopic (exact) mass is 241 g/mol. The molecular weight excluding hydrogens is 214 g/mol. The van der Waals surface area contributed by atoms with E-state index in [0.717, 1.165) is 25.7 Å². The second kappa shape index (κ2) is 5.38. The van der Waals surface area contributed by atoms with Gasteiger partial charge in [-0.25, -0.2) is 0 Å². The molecule has 1 rings (SSSR count). The van der Waals surface area contributed by atoms with Crippen LogP contribution in [0.15, 0.2) is 0 Å². The number of ether oxygens (including phenoxy) is 1. The highest BCUT2D eigenvalue weighted by Crippen LogP contribution is 2.39. The summed E-state index contributed by atoms with van der Waals surface area (Å²) in [5, 5.41) is 0. The van der Waals surface area contributed by atoms with Gasteiger partial charge < -0.3 is 10.5 Å². The Bertz CT molecular complexity index is 270. The molecule has 2 N–H and O–H groups in total. The van der Waals surface area contributed by atoms with Crippen molar-refractivity contribution < 1.29 is 9.53 Å². The summed E-state index contributed by atoms with van der Waals surface area (Å²) >= 11 is 0. The van der Waals surface area contributed by atoms with Crippen molar-refractivity contribution in [3.8, 4) is 0 Å². The standard InChI is InChI=1S/C14H27NO2/c1-5-17-12(16)14(15)9-6-7-11(8-10-14)13(2,3)4/h11H,5-10,15H2,1-4H3. The van der Waals surface area contributed by atoms with Gasteiger partial charge in [-0.05, 0) is 43.9 Å². The van der Waals surface area contributed by atoms with Gasteiger partial charge >= 0.3 is 5.97 Å². The molecule has 1 fully saturated rings. The molecule has 100 valence electrons. The minimum Gasteiger partial charge on any atom is -0.465 e. The van der Waals surface area contributed by atoms with E-state index in [1.54, 1.807) is 0 Å². The van der Waals surface area contributed by atoms with Crippen LogP contribution in [0.4, 0.5) is 0 Å². The largest absolute Gasteiger partial charge is 0.465 e. The molecule has 3 heteroatoms. The molecule has 0 spiro atoms. The van der Waals surface area contributed by atoms with E-state index in [-0.39, 0.29) is 5.97 Å². The Labute approximate surface area is 105 Å². The molecule has 1 saturated carbocycles. The number of hydrogen-bond donors (Lipinski definition) is 1. The predicted molar refractivity (Wildman–Crippen MR) is 69.6 cm³/mol. The van der Waals surface area contributed by atoms with Crippen molar-refractivity contribution in [2.45, 2.75) is 65.3 Å². The molecule has 0 aromatic carbocycles. The van der Waals surface area contributed by atoms with Crippen LogP contribution in [0.25, 0.3) is 0 Å². The summed E-state index contributed by atoms with van der Waals surface area (Å²) in [6, 6.07) is 0. The van der Waals surface area contributed by atoms with Crippen molar-refractivity contribution in [1.29, 1.82) is 0 Å². The third-order valence-corrected chi connectivity index (χ3v) is 4.02. The van der Waals surface area contributed by atoms with Crippen molar-refractivity contribution in [1.82, 2.24) is 0 Å². The Kier molecular flexibility index (Phi) is 4.59. The Morgan fingerprint density at radius 2 is 2.00 bits per heavy atom. The van der Waals surface area contributed by atoms with Gasteiger partial charge in [-0.3, -0.25) is 4.79 Å². The molecule has 2 unspecified atom stereocenters. The number of hydrogen-bond acceptors (Lipinski definition) is 3. The van der Waals surface area contributed by atoms with Crippen LogP contribution in [-0.2, 0) is 9.53 Å². The molecule has 0 radical (unpaired) electrons. The molecule has 1 aliphatic rings. The molecule has 0 aromatic heterocycles. The molecule has 17 heavy (non-hydrogen) atoms. The summed E-state index contributed by atoms with van der Waals surface area (Å²) in [4.78, 5) is 11.9. The van der Waals surface area contributed by atoms with Crippen molar-refractivity contribution >= 4 is 5.97 Å². The first kappa shape index (κ1) is 14.5. The van der Waals surface area contributed by atoms with Crippen LogP contribution in [0.2, 0.25) is 0 Å². The van der Waals surface area contributed by atoms with Gasteiger partial charge in [-0.15, -0.1) is 0 Å². The zero-order valence-electron chi connectivity index (χ0n) is 11.7. The van der Waals surface area contributed by atoms with Gasteiger partial charge in [0.15, 0.2) is 0 Å². The lowest BCUT2D eigenvalue weighted by molar-refractivity contribution is -0.150. The molecule has 0 bridgehead atoms. The van der Waals surface area contributed by atoms with Crippen molar-refractivity contribution in [3.05, 3.63) is 0 Å². The van der Waals surface area contributed by atoms with E-state index in [1.165, 1.54) is 6.42 Å². The average Bonchev–Trinajstić information content (AvgIpc) is 2.41. The van der Waals surface area contributed by atoms with E-state index in [9.17, 15) is 4.79 Å². The summed E-state index contributed by atoms with van der Waals surface area (Å²) in [6.07, 6.45) is 4.74. The highest BCUT2D eigenvalue weighted by Gasteiger charge is 2.39. The first-order chi connectivity index (χ1) is 7.79. The van der Waals surface area contributed by atoms with Gasteiger partial charge in [0.25, 0.3) is 0 Å². The first-order valence-corrected chi connectivity index (χ1v) is 6.75. The van der Waals surface area contributed by atoms with Gasteiger partial charge in [-0.2, -0.15) is 0 Å². The molecule has 0 amide bonds. The molecule has 0 saturated heterocycles. The number of rotatable bonds is 2. The number of carbonyl (C=O) groups excluding carboxylic acids is 1. The van der Waals surface area contributed by atoms with Gasteiger partial charge in [0.1, 0.15) is 5.54 Å². The molecule has 2 atom stereocenters. The van der Waals surface area contributed by atoms with Crippen LogP contribution in [0.1, 0.15) is 59.8 Å². The number of nitrogens with two attached hydrogens (primary N) is 1. The minimum absolute atomic E-state index is 0.213. The van der Waals surface area contributed by atoms with Gasteiger partial charge in [-0.1, -0.05) is 27.2 Å². The quantitative estimate of drug-likeness (QED) is 0.597. The van der Waals surface area contributed by atoms with Crippen LogP contribution in [0.3, 0.4) is 0 Å². The topological polar surface area (TPSA) is 52.3 Å². The van der Waals surface area contributed by atoms with Crippen LogP contribution < -0.4 is 5.73 Å². The lowest BCUT2D eigenvalue weighted by Crippen LogP contribution is -2.48. The predicted octanol–water partition coefficient (Wildman–Crippen LogP) is 2.87.